The van der Waals surface area contributed by atoms with E-state index in [0.717, 1.165) is 17.7 Å². The lowest BCUT2D eigenvalue weighted by Crippen LogP contribution is -2.45. The van der Waals surface area contributed by atoms with Gasteiger partial charge in [0.2, 0.25) is 5.91 Å². The van der Waals surface area contributed by atoms with Crippen LogP contribution in [0.25, 0.3) is 0 Å². The van der Waals surface area contributed by atoms with E-state index in [1.165, 1.54) is 17.0 Å². The molecule has 3 amide bonds. The summed E-state index contributed by atoms with van der Waals surface area (Å²) >= 11 is 0.664. The molecule has 194 valence electrons. The molecule has 0 spiro atoms. The molecule has 2 aromatic carbocycles. The van der Waals surface area contributed by atoms with Crippen molar-refractivity contribution in [1.82, 2.24) is 9.69 Å². The van der Waals surface area contributed by atoms with Crippen molar-refractivity contribution in [2.75, 3.05) is 23.8 Å². The zero-order valence-corrected chi connectivity index (χ0v) is 21.2. The summed E-state index contributed by atoms with van der Waals surface area (Å²) in [6, 6.07) is 8.85. The highest BCUT2D eigenvalue weighted by molar-refractivity contribution is 7.09. The predicted octanol–water partition coefficient (Wildman–Crippen LogP) is 2.65. The van der Waals surface area contributed by atoms with Crippen LogP contribution in [0.3, 0.4) is 0 Å². The molecule has 0 saturated carbocycles. The lowest BCUT2D eigenvalue weighted by Gasteiger charge is -2.32. The van der Waals surface area contributed by atoms with E-state index < -0.39 is 42.1 Å². The lowest BCUT2D eigenvalue weighted by molar-refractivity contribution is -0.143. The van der Waals surface area contributed by atoms with Crippen LogP contribution in [0.2, 0.25) is 0 Å². The van der Waals surface area contributed by atoms with Crippen molar-refractivity contribution in [2.24, 2.45) is 5.73 Å². The summed E-state index contributed by atoms with van der Waals surface area (Å²) in [5.41, 5.74) is 13.0. The van der Waals surface area contributed by atoms with Gasteiger partial charge in [-0.1, -0.05) is 24.3 Å². The van der Waals surface area contributed by atoms with Crippen LogP contribution < -0.4 is 21.7 Å². The first-order chi connectivity index (χ1) is 17.6. The molecule has 1 atom stereocenters. The number of ether oxygens (including phenoxy) is 1. The summed E-state index contributed by atoms with van der Waals surface area (Å²) in [5.74, 6) is -3.59. The van der Waals surface area contributed by atoms with E-state index in [0.29, 0.717) is 22.8 Å². The molecule has 0 bridgehead atoms. The number of aryl methyl sites for hydroxylation is 1. The molecule has 1 aromatic heterocycles. The number of carbonyl (C=O) groups excluding carboxylic acids is 4. The second-order valence-electron chi connectivity index (χ2n) is 8.01. The Morgan fingerprint density at radius 3 is 2.41 bits per heavy atom. The molecule has 3 aromatic rings. The largest absolute Gasteiger partial charge is 0.465 e. The Kier molecular flexibility index (Phi) is 8.56. The number of benzene rings is 2. The predicted molar refractivity (Wildman–Crippen MR) is 137 cm³/mol. The maximum Gasteiger partial charge on any atom is 0.325 e. The fourth-order valence-corrected chi connectivity index (χ4v) is 4.37. The van der Waals surface area contributed by atoms with Crippen molar-refractivity contribution in [3.63, 3.8) is 0 Å². The third kappa shape index (κ3) is 5.92. The van der Waals surface area contributed by atoms with Crippen LogP contribution in [0.5, 0.6) is 0 Å². The van der Waals surface area contributed by atoms with Crippen molar-refractivity contribution in [2.45, 2.75) is 26.8 Å². The van der Waals surface area contributed by atoms with Gasteiger partial charge in [0.25, 0.3) is 11.8 Å². The Labute approximate surface area is 216 Å². The van der Waals surface area contributed by atoms with Gasteiger partial charge in [0.15, 0.2) is 5.69 Å². The van der Waals surface area contributed by atoms with Crippen LogP contribution in [-0.2, 0) is 14.3 Å². The Morgan fingerprint density at radius 2 is 1.81 bits per heavy atom. The number of rotatable bonds is 9. The van der Waals surface area contributed by atoms with E-state index in [1.54, 1.807) is 26.0 Å². The SMILES string of the molecule is CCOC(=O)CNC(=O)[C@H](c1ccc(F)cc1)N(C(=O)c1snc(C(N)=O)c1N)c1cccc(C)c1C. The van der Waals surface area contributed by atoms with Gasteiger partial charge in [-0.2, -0.15) is 4.37 Å². The number of nitrogens with one attached hydrogen (secondary N) is 1. The number of anilines is 2. The van der Waals surface area contributed by atoms with E-state index in [4.69, 9.17) is 16.2 Å². The summed E-state index contributed by atoms with van der Waals surface area (Å²) in [6.07, 6.45) is 0. The topological polar surface area (TPSA) is 158 Å². The number of nitrogens with zero attached hydrogens (tertiary/aromatic N) is 2. The van der Waals surface area contributed by atoms with Gasteiger partial charge in [-0.25, -0.2) is 4.39 Å². The number of esters is 1. The third-order valence-corrected chi connectivity index (χ3v) is 6.47. The average Bonchev–Trinajstić information content (AvgIpc) is 3.25. The molecule has 0 aliphatic rings. The number of hydrogen-bond donors (Lipinski definition) is 3. The average molecular weight is 528 g/mol. The molecule has 0 aliphatic carbocycles. The molecule has 1 heterocycles. The van der Waals surface area contributed by atoms with Crippen LogP contribution in [0.4, 0.5) is 15.8 Å². The van der Waals surface area contributed by atoms with E-state index in [2.05, 4.69) is 9.69 Å². The van der Waals surface area contributed by atoms with Gasteiger partial charge < -0.3 is 21.5 Å². The minimum atomic E-state index is -1.36. The molecule has 37 heavy (non-hydrogen) atoms. The number of hydrogen-bond acceptors (Lipinski definition) is 8. The van der Waals surface area contributed by atoms with E-state index in [9.17, 15) is 23.6 Å². The van der Waals surface area contributed by atoms with Crippen LogP contribution in [-0.4, -0.2) is 41.2 Å². The van der Waals surface area contributed by atoms with Crippen LogP contribution in [0, 0.1) is 19.7 Å². The fraction of sp³-hybridized carbons (Fsp3) is 0.240. The molecule has 0 unspecified atom stereocenters. The molecule has 12 heteroatoms. The van der Waals surface area contributed by atoms with E-state index in [1.807, 2.05) is 13.0 Å². The first kappa shape index (κ1) is 27.3. The fourth-order valence-electron chi connectivity index (χ4n) is 3.63. The minimum Gasteiger partial charge on any atom is -0.465 e. The molecule has 3 rings (SSSR count). The molecule has 0 saturated heterocycles. The summed E-state index contributed by atoms with van der Waals surface area (Å²) < 4.78 is 22.6. The molecular formula is C25H26FN5O5S. The van der Waals surface area contributed by atoms with Gasteiger partial charge in [0.05, 0.1) is 12.3 Å². The van der Waals surface area contributed by atoms with Gasteiger partial charge in [0.1, 0.15) is 23.3 Å². The summed E-state index contributed by atoms with van der Waals surface area (Å²) in [6.45, 7) is 4.90. The van der Waals surface area contributed by atoms with Crippen molar-refractivity contribution in [3.05, 3.63) is 75.5 Å². The molecule has 10 nitrogen and oxygen atoms in total. The Bertz CT molecular complexity index is 1340. The smallest absolute Gasteiger partial charge is 0.325 e. The van der Waals surface area contributed by atoms with Crippen LogP contribution in [0.1, 0.15) is 49.8 Å². The normalized spacial score (nSPS) is 11.5. The second kappa shape index (κ2) is 11.6. The number of primary amides is 1. The molecule has 0 aliphatic heterocycles. The van der Waals surface area contributed by atoms with Crippen LogP contribution in [0.15, 0.2) is 42.5 Å². The Morgan fingerprint density at radius 1 is 1.14 bits per heavy atom. The van der Waals surface area contributed by atoms with Gasteiger partial charge in [0, 0.05) is 5.69 Å². The molecule has 0 radical (unpaired) electrons. The highest BCUT2D eigenvalue weighted by Crippen LogP contribution is 2.35. The molecule has 5 N–H and O–H groups in total. The standard InChI is InChI=1S/C25H26FN5O5S/c1-4-36-18(32)12-29-24(34)21(15-8-10-16(26)11-9-15)31(17-7-5-6-13(2)14(17)3)25(35)22-19(27)20(23(28)33)30-37-22/h5-11,21H,4,12,27H2,1-3H3,(H2,28,33)(H,29,34)/t21-/m0/s1. The van der Waals surface area contributed by atoms with Gasteiger partial charge in [-0.15, -0.1) is 0 Å². The maximum absolute atomic E-state index is 14.0. The van der Waals surface area contributed by atoms with Crippen molar-refractivity contribution < 1.29 is 28.3 Å². The zero-order valence-electron chi connectivity index (χ0n) is 20.4. The van der Waals surface area contributed by atoms with E-state index >= 15 is 0 Å². The second-order valence-corrected chi connectivity index (χ2v) is 8.78. The molecular weight excluding hydrogens is 501 g/mol. The van der Waals surface area contributed by atoms with Gasteiger partial charge >= 0.3 is 5.97 Å². The minimum absolute atomic E-state index is 0.111. The van der Waals surface area contributed by atoms with E-state index in [-0.39, 0.29) is 28.4 Å². The number of halogens is 1. The van der Waals surface area contributed by atoms with Crippen molar-refractivity contribution >= 4 is 46.6 Å². The summed E-state index contributed by atoms with van der Waals surface area (Å²) in [5, 5.41) is 2.49. The number of carbonyl (C=O) groups is 4. The summed E-state index contributed by atoms with van der Waals surface area (Å²) in [7, 11) is 0. The Balaban J connectivity index is 2.20. The Hall–Kier alpha value is -4.32. The quantitative estimate of drug-likeness (QED) is 0.361. The van der Waals surface area contributed by atoms with Gasteiger partial charge in [-0.05, 0) is 67.2 Å². The zero-order chi connectivity index (χ0) is 27.3. The maximum atomic E-state index is 14.0. The summed E-state index contributed by atoms with van der Waals surface area (Å²) in [4.78, 5) is 52.3. The number of nitrogens with two attached hydrogens (primary N) is 2. The van der Waals surface area contributed by atoms with Crippen LogP contribution >= 0.6 is 11.5 Å². The lowest BCUT2D eigenvalue weighted by atomic mass is 10.00. The monoisotopic (exact) mass is 527 g/mol. The number of aromatic nitrogens is 1. The van der Waals surface area contributed by atoms with Crippen molar-refractivity contribution in [3.8, 4) is 0 Å². The van der Waals surface area contributed by atoms with Crippen molar-refractivity contribution in [1.29, 1.82) is 0 Å². The first-order valence-electron chi connectivity index (χ1n) is 11.2. The van der Waals surface area contributed by atoms with Gasteiger partial charge in [-0.3, -0.25) is 24.1 Å². The highest BCUT2D eigenvalue weighted by Gasteiger charge is 2.37. The molecule has 0 fully saturated rings. The third-order valence-electron chi connectivity index (χ3n) is 5.61. The first-order valence-corrected chi connectivity index (χ1v) is 12.0. The number of nitrogen functional groups attached to an aromatic ring is 1. The number of amides is 3. The highest BCUT2D eigenvalue weighted by atomic mass is 32.1.